The number of amides is 1. The molecule has 15 heteroatoms. The van der Waals surface area contributed by atoms with Gasteiger partial charge in [0.1, 0.15) is 5.69 Å². The number of rotatable bonds is 7. The van der Waals surface area contributed by atoms with Gasteiger partial charge in [0, 0.05) is 66.3 Å². The number of nitrogens with one attached hydrogen (secondary N) is 2. The number of hydrogen-bond donors (Lipinski definition) is 3. The van der Waals surface area contributed by atoms with Crippen molar-refractivity contribution in [3.63, 3.8) is 0 Å². The van der Waals surface area contributed by atoms with Crippen molar-refractivity contribution < 1.29 is 31.9 Å². The molecular formula is C27H29Cl2F5N6O2. The maximum Gasteiger partial charge on any atom is 0.433 e. The summed E-state index contributed by atoms with van der Waals surface area (Å²) in [5.41, 5.74) is -1.90. The summed E-state index contributed by atoms with van der Waals surface area (Å²) in [7, 11) is 0. The molecule has 228 valence electrons. The van der Waals surface area contributed by atoms with Crippen molar-refractivity contribution in [2.75, 3.05) is 18.4 Å². The van der Waals surface area contributed by atoms with Gasteiger partial charge < -0.3 is 15.7 Å². The number of hydrogen-bond acceptors (Lipinski definition) is 6. The number of pyridine rings is 1. The van der Waals surface area contributed by atoms with Crippen molar-refractivity contribution >= 4 is 45.7 Å². The zero-order chi connectivity index (χ0) is 30.6. The highest BCUT2D eigenvalue weighted by Gasteiger charge is 2.49. The molecule has 1 saturated carbocycles. The van der Waals surface area contributed by atoms with Crippen molar-refractivity contribution in [3.05, 3.63) is 51.9 Å². The molecule has 5 rings (SSSR count). The predicted molar refractivity (Wildman–Crippen MR) is 148 cm³/mol. The first-order valence-corrected chi connectivity index (χ1v) is 14.0. The Morgan fingerprint density at radius 3 is 2.48 bits per heavy atom. The Hall–Kier alpha value is -2.74. The third kappa shape index (κ3) is 7.07. The Labute approximate surface area is 248 Å². The van der Waals surface area contributed by atoms with Crippen molar-refractivity contribution in [1.82, 2.24) is 25.0 Å². The lowest BCUT2D eigenvalue weighted by Gasteiger charge is -2.48. The molecule has 2 atom stereocenters. The number of aromatic nitrogens is 3. The molecule has 0 unspecified atom stereocenters. The fourth-order valence-electron chi connectivity index (χ4n) is 5.50. The molecule has 2 aliphatic rings. The molecule has 1 amide bonds. The molecule has 1 aliphatic carbocycles. The lowest BCUT2D eigenvalue weighted by atomic mass is 9.84. The molecule has 1 aromatic carbocycles. The highest BCUT2D eigenvalue weighted by atomic mass is 35.5. The first-order chi connectivity index (χ1) is 19.5. The van der Waals surface area contributed by atoms with Crippen LogP contribution in [0.3, 0.4) is 0 Å². The van der Waals surface area contributed by atoms with Crippen LogP contribution in [0.4, 0.5) is 27.6 Å². The van der Waals surface area contributed by atoms with Crippen LogP contribution in [0.25, 0.3) is 10.9 Å². The van der Waals surface area contributed by atoms with Crippen molar-refractivity contribution in [1.29, 1.82) is 0 Å². The highest BCUT2D eigenvalue weighted by Crippen LogP contribution is 2.42. The number of likely N-dealkylation sites (tertiary alicyclic amines) is 1. The predicted octanol–water partition coefficient (Wildman–Crippen LogP) is 5.61. The van der Waals surface area contributed by atoms with Gasteiger partial charge in [-0.2, -0.15) is 18.3 Å². The van der Waals surface area contributed by atoms with Gasteiger partial charge in [-0.05, 0) is 44.5 Å². The van der Waals surface area contributed by atoms with Crippen LogP contribution in [0.15, 0.2) is 30.5 Å². The van der Waals surface area contributed by atoms with Crippen molar-refractivity contribution in [2.24, 2.45) is 0 Å². The lowest BCUT2D eigenvalue weighted by Crippen LogP contribution is -2.61. The molecule has 3 heterocycles. The SMILES string of the molecule is CC(C)(O)Cn1cc(C(=O)N[C@H]2C[C@@H](Nc3cc(C(F)(F)F)nc4ccc(Cl)cc34)CN(C3CC(F)(F)C3)C2)c(Cl)n1. The van der Waals surface area contributed by atoms with Gasteiger partial charge in [-0.1, -0.05) is 23.2 Å². The fraction of sp³-hybridized carbons (Fsp3) is 0.519. The van der Waals surface area contributed by atoms with E-state index >= 15 is 0 Å². The highest BCUT2D eigenvalue weighted by molar-refractivity contribution is 6.32. The summed E-state index contributed by atoms with van der Waals surface area (Å²) in [5, 5.41) is 20.8. The van der Waals surface area contributed by atoms with E-state index in [1.54, 1.807) is 13.8 Å². The number of aliphatic hydroxyl groups is 1. The number of anilines is 1. The molecular weight excluding hydrogens is 606 g/mol. The molecule has 1 saturated heterocycles. The average Bonchev–Trinajstić information content (AvgIpc) is 3.20. The number of carbonyl (C=O) groups is 1. The molecule has 42 heavy (non-hydrogen) atoms. The van der Waals surface area contributed by atoms with Gasteiger partial charge >= 0.3 is 6.18 Å². The van der Waals surface area contributed by atoms with E-state index in [1.165, 1.54) is 29.1 Å². The summed E-state index contributed by atoms with van der Waals surface area (Å²) < 4.78 is 69.9. The van der Waals surface area contributed by atoms with E-state index in [0.717, 1.165) is 6.07 Å². The van der Waals surface area contributed by atoms with E-state index in [9.17, 15) is 31.9 Å². The molecule has 0 bridgehead atoms. The zero-order valence-electron chi connectivity index (χ0n) is 22.7. The molecule has 8 nitrogen and oxygen atoms in total. The molecule has 3 N–H and O–H groups in total. The Kier molecular flexibility index (Phi) is 8.10. The summed E-state index contributed by atoms with van der Waals surface area (Å²) >= 11 is 12.3. The third-order valence-electron chi connectivity index (χ3n) is 7.33. The first-order valence-electron chi connectivity index (χ1n) is 13.3. The minimum atomic E-state index is -4.70. The minimum absolute atomic E-state index is 0.0716. The summed E-state index contributed by atoms with van der Waals surface area (Å²) in [6.07, 6.45) is -3.70. The molecule has 2 aromatic heterocycles. The van der Waals surface area contributed by atoms with Gasteiger partial charge in [0.2, 0.25) is 0 Å². The number of fused-ring (bicyclic) bond motifs is 1. The summed E-state index contributed by atoms with van der Waals surface area (Å²) in [6.45, 7) is 3.77. The van der Waals surface area contributed by atoms with Gasteiger partial charge in [-0.3, -0.25) is 14.4 Å². The minimum Gasteiger partial charge on any atom is -0.389 e. The Bertz CT molecular complexity index is 1480. The van der Waals surface area contributed by atoms with Gasteiger partial charge in [0.15, 0.2) is 5.15 Å². The van der Waals surface area contributed by atoms with E-state index in [4.69, 9.17) is 23.2 Å². The van der Waals surface area contributed by atoms with E-state index < -0.39 is 47.4 Å². The monoisotopic (exact) mass is 634 g/mol. The summed E-state index contributed by atoms with van der Waals surface area (Å²) in [5.74, 6) is -3.33. The third-order valence-corrected chi connectivity index (χ3v) is 7.84. The van der Waals surface area contributed by atoms with E-state index in [0.29, 0.717) is 10.4 Å². The molecule has 0 spiro atoms. The fourth-order valence-corrected chi connectivity index (χ4v) is 5.91. The second kappa shape index (κ2) is 11.1. The number of benzene rings is 1. The maximum absolute atomic E-state index is 13.8. The number of nitrogens with zero attached hydrogens (tertiary/aromatic N) is 4. The van der Waals surface area contributed by atoms with Crippen LogP contribution in [0.5, 0.6) is 0 Å². The average molecular weight is 635 g/mol. The Morgan fingerprint density at radius 2 is 1.83 bits per heavy atom. The van der Waals surface area contributed by atoms with Crippen LogP contribution in [-0.4, -0.2) is 73.4 Å². The largest absolute Gasteiger partial charge is 0.433 e. The van der Waals surface area contributed by atoms with Crippen LogP contribution in [0, 0.1) is 0 Å². The van der Waals surface area contributed by atoms with Gasteiger partial charge in [-0.15, -0.1) is 0 Å². The maximum atomic E-state index is 13.8. The molecule has 1 aliphatic heterocycles. The van der Waals surface area contributed by atoms with Crippen molar-refractivity contribution in [3.8, 4) is 0 Å². The standard InChI is InChI=1S/C27H29Cl2F5N6O2/c1-25(2,42)13-40-12-19(23(29)38-40)24(41)36-16-6-15(10-39(11-16)17-8-26(30,31)9-17)35-21-7-22(27(32,33)34)37-20-4-3-14(28)5-18(20)21/h3-5,7,12,15-17,42H,6,8-11,13H2,1-2H3,(H,35,37)(H,36,41)/t15-,16+/m1/s1. The van der Waals surface area contributed by atoms with Crippen LogP contribution >= 0.6 is 23.2 Å². The lowest BCUT2D eigenvalue weighted by molar-refractivity contribution is -0.140. The van der Waals surface area contributed by atoms with Crippen LogP contribution in [0.1, 0.15) is 49.2 Å². The number of piperidine rings is 1. The topological polar surface area (TPSA) is 95.3 Å². The molecule has 2 fully saturated rings. The van der Waals surface area contributed by atoms with Crippen LogP contribution in [-0.2, 0) is 12.7 Å². The quantitative estimate of drug-likeness (QED) is 0.293. The first kappa shape index (κ1) is 30.7. The Balaban J connectivity index is 1.40. The van der Waals surface area contributed by atoms with Crippen molar-refractivity contribution in [2.45, 2.75) is 75.5 Å². The Morgan fingerprint density at radius 1 is 1.14 bits per heavy atom. The van der Waals surface area contributed by atoms with Gasteiger partial charge in [0.05, 0.1) is 23.2 Å². The summed E-state index contributed by atoms with van der Waals surface area (Å²) in [4.78, 5) is 18.7. The van der Waals surface area contributed by atoms with Crippen LogP contribution in [0.2, 0.25) is 10.2 Å². The molecule has 3 aromatic rings. The molecule has 0 radical (unpaired) electrons. The van der Waals surface area contributed by atoms with Gasteiger partial charge in [-0.25, -0.2) is 13.8 Å². The van der Waals surface area contributed by atoms with Gasteiger partial charge in [0.25, 0.3) is 11.8 Å². The summed E-state index contributed by atoms with van der Waals surface area (Å²) in [6, 6.07) is 3.73. The second-order valence-corrected chi connectivity index (χ2v) is 12.5. The second-order valence-electron chi connectivity index (χ2n) is 11.7. The number of carbonyl (C=O) groups excluding carboxylic acids is 1. The number of halogens is 7. The zero-order valence-corrected chi connectivity index (χ0v) is 24.2. The van der Waals surface area contributed by atoms with E-state index in [2.05, 4.69) is 20.7 Å². The van der Waals surface area contributed by atoms with E-state index in [-0.39, 0.29) is 60.8 Å². The smallest absolute Gasteiger partial charge is 0.389 e. The van der Waals surface area contributed by atoms with E-state index in [1.807, 2.05) is 4.90 Å². The normalized spacial score (nSPS) is 21.8. The number of alkyl halides is 5. The van der Waals surface area contributed by atoms with Crippen LogP contribution < -0.4 is 10.6 Å².